The van der Waals surface area contributed by atoms with Gasteiger partial charge in [-0.1, -0.05) is 32.8 Å². The Bertz CT molecular complexity index is 1120. The van der Waals surface area contributed by atoms with Gasteiger partial charge in [0.15, 0.2) is 11.5 Å². The average molecular weight is 524 g/mol. The molecule has 7 nitrogen and oxygen atoms in total. The topological polar surface area (TPSA) is 76.8 Å². The molecule has 0 fully saturated rings. The number of nitrogens with zero attached hydrogens (tertiary/aromatic N) is 3. The van der Waals surface area contributed by atoms with Gasteiger partial charge in [-0.2, -0.15) is 5.26 Å². The molecule has 0 N–H and O–H groups in total. The lowest BCUT2D eigenvalue weighted by atomic mass is 9.68. The van der Waals surface area contributed by atoms with Crippen molar-refractivity contribution in [2.24, 2.45) is 5.92 Å². The summed E-state index contributed by atoms with van der Waals surface area (Å²) in [7, 11) is 5.49. The van der Waals surface area contributed by atoms with Gasteiger partial charge in [0.2, 0.25) is 5.79 Å². The third kappa shape index (κ3) is 6.78. The van der Waals surface area contributed by atoms with Gasteiger partial charge < -0.3 is 23.8 Å². The van der Waals surface area contributed by atoms with Crippen LogP contribution in [-0.2, 0) is 23.2 Å². The SMILES string of the molecule is COc1ccc(CCN(C)CCCCCC(C#N)(c2cnc(C)c3c2COC(C)(C)O3)C(C)C)cc1OC. The van der Waals surface area contributed by atoms with Gasteiger partial charge in [0.25, 0.3) is 0 Å². The second-order valence-electron chi connectivity index (χ2n) is 11.1. The van der Waals surface area contributed by atoms with Crippen molar-refractivity contribution in [3.63, 3.8) is 0 Å². The molecule has 7 heteroatoms. The number of hydrogen-bond donors (Lipinski definition) is 0. The summed E-state index contributed by atoms with van der Waals surface area (Å²) in [6, 6.07) is 8.81. The molecule has 1 atom stereocenters. The minimum absolute atomic E-state index is 0.139. The highest BCUT2D eigenvalue weighted by Gasteiger charge is 2.41. The zero-order valence-corrected chi connectivity index (χ0v) is 24.5. The summed E-state index contributed by atoms with van der Waals surface area (Å²) in [4.78, 5) is 7.00. The van der Waals surface area contributed by atoms with E-state index >= 15 is 0 Å². The maximum absolute atomic E-state index is 10.5. The van der Waals surface area contributed by atoms with Crippen LogP contribution in [0, 0.1) is 24.2 Å². The van der Waals surface area contributed by atoms with Gasteiger partial charge in [0, 0.05) is 37.7 Å². The summed E-state index contributed by atoms with van der Waals surface area (Å²) < 4.78 is 22.9. The molecule has 1 aliphatic rings. The van der Waals surface area contributed by atoms with E-state index in [0.29, 0.717) is 6.61 Å². The van der Waals surface area contributed by atoms with Crippen LogP contribution in [-0.4, -0.2) is 50.0 Å². The molecule has 2 aromatic rings. The largest absolute Gasteiger partial charge is 0.493 e. The predicted molar refractivity (Wildman–Crippen MR) is 150 cm³/mol. The van der Waals surface area contributed by atoms with Crippen LogP contribution in [0.25, 0.3) is 0 Å². The Morgan fingerprint density at radius 2 is 1.87 bits per heavy atom. The molecule has 0 amide bonds. The molecule has 38 heavy (non-hydrogen) atoms. The third-order valence-electron chi connectivity index (χ3n) is 7.73. The van der Waals surface area contributed by atoms with Crippen LogP contribution in [0.1, 0.15) is 75.8 Å². The highest BCUT2D eigenvalue weighted by molar-refractivity contribution is 5.49. The molecular weight excluding hydrogens is 478 g/mol. The number of pyridine rings is 1. The van der Waals surface area contributed by atoms with Crippen LogP contribution in [0.3, 0.4) is 0 Å². The molecular formula is C31H45N3O4. The van der Waals surface area contributed by atoms with Crippen molar-refractivity contribution in [3.8, 4) is 23.3 Å². The maximum atomic E-state index is 10.5. The fourth-order valence-electron chi connectivity index (χ4n) is 5.23. The van der Waals surface area contributed by atoms with E-state index in [1.165, 1.54) is 5.56 Å². The molecule has 2 heterocycles. The van der Waals surface area contributed by atoms with Crippen LogP contribution in [0.2, 0.25) is 0 Å². The Morgan fingerprint density at radius 1 is 1.13 bits per heavy atom. The molecule has 1 unspecified atom stereocenters. The quantitative estimate of drug-likeness (QED) is 0.289. The van der Waals surface area contributed by atoms with Gasteiger partial charge >= 0.3 is 0 Å². The van der Waals surface area contributed by atoms with Crippen molar-refractivity contribution in [1.82, 2.24) is 9.88 Å². The average Bonchev–Trinajstić information content (AvgIpc) is 2.89. The van der Waals surface area contributed by atoms with Crippen LogP contribution >= 0.6 is 0 Å². The van der Waals surface area contributed by atoms with E-state index in [1.807, 2.05) is 33.0 Å². The number of fused-ring (bicyclic) bond motifs is 1. The fraction of sp³-hybridized carbons (Fsp3) is 0.613. The van der Waals surface area contributed by atoms with Gasteiger partial charge in [-0.05, 0) is 63.4 Å². The summed E-state index contributed by atoms with van der Waals surface area (Å²) in [6.45, 7) is 12.5. The molecule has 0 aliphatic carbocycles. The van der Waals surface area contributed by atoms with Crippen molar-refractivity contribution in [2.45, 2.75) is 84.5 Å². The van der Waals surface area contributed by atoms with E-state index in [-0.39, 0.29) is 5.92 Å². The second kappa shape index (κ2) is 12.8. The monoisotopic (exact) mass is 523 g/mol. The number of hydrogen-bond acceptors (Lipinski definition) is 7. The minimum Gasteiger partial charge on any atom is -0.493 e. The summed E-state index contributed by atoms with van der Waals surface area (Å²) in [6.07, 6.45) is 6.76. The number of rotatable bonds is 13. The van der Waals surface area contributed by atoms with Crippen LogP contribution in [0.15, 0.2) is 24.4 Å². The molecule has 0 spiro atoms. The van der Waals surface area contributed by atoms with E-state index in [1.54, 1.807) is 14.2 Å². The molecule has 0 radical (unpaired) electrons. The number of nitriles is 1. The molecule has 0 saturated heterocycles. The lowest BCUT2D eigenvalue weighted by molar-refractivity contribution is -0.181. The Labute approximate surface area is 229 Å². The van der Waals surface area contributed by atoms with Gasteiger partial charge in [-0.15, -0.1) is 0 Å². The van der Waals surface area contributed by atoms with E-state index < -0.39 is 11.2 Å². The van der Waals surface area contributed by atoms with Crippen molar-refractivity contribution in [1.29, 1.82) is 5.26 Å². The lowest BCUT2D eigenvalue weighted by Gasteiger charge is -2.38. The number of unbranched alkanes of at least 4 members (excludes halogenated alkanes) is 2. The van der Waals surface area contributed by atoms with E-state index in [0.717, 1.165) is 79.3 Å². The van der Waals surface area contributed by atoms with Gasteiger partial charge in [-0.3, -0.25) is 4.98 Å². The van der Waals surface area contributed by atoms with Gasteiger partial charge in [0.1, 0.15) is 5.75 Å². The third-order valence-corrected chi connectivity index (χ3v) is 7.73. The molecule has 1 aromatic heterocycles. The Kier molecular flexibility index (Phi) is 10.0. The van der Waals surface area contributed by atoms with Crippen molar-refractivity contribution in [3.05, 3.63) is 46.8 Å². The molecule has 3 rings (SSSR count). The molecule has 0 bridgehead atoms. The standard InChI is InChI=1S/C31H45N3O4/c1-22(2)31(21-32,26-19-33-23(3)29-25(26)20-37-30(4,5)38-29)15-10-9-11-16-34(6)17-14-24-12-13-27(35-7)28(18-24)36-8/h12-13,18-19,22H,9-11,14-17,20H2,1-8H3. The highest BCUT2D eigenvalue weighted by atomic mass is 16.7. The Balaban J connectivity index is 1.57. The Hall–Kier alpha value is -2.82. The number of aryl methyl sites for hydroxylation is 1. The van der Waals surface area contributed by atoms with Gasteiger partial charge in [0.05, 0.1) is 38.0 Å². The Morgan fingerprint density at radius 3 is 2.53 bits per heavy atom. The second-order valence-corrected chi connectivity index (χ2v) is 11.1. The molecule has 1 aliphatic heterocycles. The van der Waals surface area contributed by atoms with Crippen LogP contribution in [0.5, 0.6) is 17.2 Å². The number of benzene rings is 1. The fourth-order valence-corrected chi connectivity index (χ4v) is 5.23. The van der Waals surface area contributed by atoms with E-state index in [4.69, 9.17) is 18.9 Å². The maximum Gasteiger partial charge on any atom is 0.205 e. The zero-order chi connectivity index (χ0) is 27.9. The summed E-state index contributed by atoms with van der Waals surface area (Å²) >= 11 is 0. The van der Waals surface area contributed by atoms with Crippen LogP contribution < -0.4 is 14.2 Å². The number of ether oxygens (including phenoxy) is 4. The van der Waals surface area contributed by atoms with Crippen LogP contribution in [0.4, 0.5) is 0 Å². The van der Waals surface area contributed by atoms with Gasteiger partial charge in [-0.25, -0.2) is 0 Å². The molecule has 208 valence electrons. The number of likely N-dealkylation sites (N-methyl/N-ethyl adjacent to an activating group) is 1. The summed E-state index contributed by atoms with van der Waals surface area (Å²) in [5, 5.41) is 10.5. The molecule has 0 saturated carbocycles. The lowest BCUT2D eigenvalue weighted by Crippen LogP contribution is -2.39. The number of methoxy groups -OCH3 is 2. The summed E-state index contributed by atoms with van der Waals surface area (Å²) in [5.41, 5.74) is 3.38. The first-order valence-electron chi connectivity index (χ1n) is 13.7. The first-order valence-corrected chi connectivity index (χ1v) is 13.7. The minimum atomic E-state index is -0.698. The van der Waals surface area contributed by atoms with Crippen molar-refractivity contribution >= 4 is 0 Å². The normalized spacial score (nSPS) is 15.9. The predicted octanol–water partition coefficient (Wildman–Crippen LogP) is 6.20. The first kappa shape index (κ1) is 29.7. The molecule has 1 aromatic carbocycles. The van der Waals surface area contributed by atoms with E-state index in [2.05, 4.69) is 49.0 Å². The highest BCUT2D eigenvalue weighted by Crippen LogP contribution is 2.44. The number of aromatic nitrogens is 1. The van der Waals surface area contributed by atoms with Crippen molar-refractivity contribution in [2.75, 3.05) is 34.4 Å². The van der Waals surface area contributed by atoms with Crippen molar-refractivity contribution < 1.29 is 18.9 Å². The zero-order valence-electron chi connectivity index (χ0n) is 24.5. The van der Waals surface area contributed by atoms with E-state index in [9.17, 15) is 5.26 Å². The smallest absolute Gasteiger partial charge is 0.205 e. The first-order chi connectivity index (χ1) is 18.1. The summed E-state index contributed by atoms with van der Waals surface area (Å²) in [5.74, 6) is 1.74.